The lowest BCUT2D eigenvalue weighted by molar-refractivity contribution is -0.125. The van der Waals surface area contributed by atoms with Gasteiger partial charge in [-0.1, -0.05) is 19.1 Å². The van der Waals surface area contributed by atoms with Gasteiger partial charge in [-0.25, -0.2) is 4.39 Å². The maximum absolute atomic E-state index is 12.7. The average molecular weight is 221 g/mol. The number of likely N-dealkylation sites (tertiary alicyclic amines) is 1. The third-order valence-electron chi connectivity index (χ3n) is 3.08. The van der Waals surface area contributed by atoms with Crippen molar-refractivity contribution in [2.45, 2.75) is 19.9 Å². The zero-order valence-corrected chi connectivity index (χ0v) is 9.45. The second-order valence-corrected chi connectivity index (χ2v) is 4.48. The molecule has 1 aromatic rings. The normalized spacial score (nSPS) is 22.4. The van der Waals surface area contributed by atoms with Crippen LogP contribution in [0.25, 0.3) is 0 Å². The molecule has 16 heavy (non-hydrogen) atoms. The molecule has 2 nitrogen and oxygen atoms in total. The molecule has 0 aliphatic carbocycles. The minimum Gasteiger partial charge on any atom is -0.299 e. The van der Waals surface area contributed by atoms with E-state index in [0.717, 1.165) is 25.2 Å². The molecule has 1 aromatic carbocycles. The van der Waals surface area contributed by atoms with E-state index in [1.807, 2.05) is 6.92 Å². The third kappa shape index (κ3) is 2.67. The Morgan fingerprint density at radius 1 is 1.38 bits per heavy atom. The van der Waals surface area contributed by atoms with Crippen molar-refractivity contribution in [3.63, 3.8) is 0 Å². The van der Waals surface area contributed by atoms with Crippen LogP contribution in [0.3, 0.4) is 0 Å². The first-order chi connectivity index (χ1) is 7.65. The van der Waals surface area contributed by atoms with E-state index in [0.29, 0.717) is 12.2 Å². The lowest BCUT2D eigenvalue weighted by Crippen LogP contribution is -2.38. The van der Waals surface area contributed by atoms with Crippen LogP contribution in [0.2, 0.25) is 0 Å². The highest BCUT2D eigenvalue weighted by atomic mass is 19.1. The predicted molar refractivity (Wildman–Crippen MR) is 60.5 cm³/mol. The Hall–Kier alpha value is -1.22. The molecule has 1 heterocycles. The van der Waals surface area contributed by atoms with E-state index >= 15 is 0 Å². The molecule has 0 aromatic heterocycles. The topological polar surface area (TPSA) is 20.3 Å². The van der Waals surface area contributed by atoms with Gasteiger partial charge in [0.2, 0.25) is 0 Å². The van der Waals surface area contributed by atoms with Crippen molar-refractivity contribution in [1.29, 1.82) is 0 Å². The van der Waals surface area contributed by atoms with Gasteiger partial charge in [-0.05, 0) is 17.7 Å². The molecule has 0 saturated carbocycles. The summed E-state index contributed by atoms with van der Waals surface area (Å²) < 4.78 is 12.7. The number of Topliss-reactive ketones (excluding diaryl/α,β-unsaturated/α-hetero) is 1. The summed E-state index contributed by atoms with van der Waals surface area (Å²) in [5.41, 5.74) is 1.10. The molecular weight excluding hydrogens is 205 g/mol. The van der Waals surface area contributed by atoms with E-state index < -0.39 is 0 Å². The maximum atomic E-state index is 12.7. The smallest absolute Gasteiger partial charge is 0.138 e. The van der Waals surface area contributed by atoms with Crippen LogP contribution in [-0.2, 0) is 11.3 Å². The summed E-state index contributed by atoms with van der Waals surface area (Å²) in [6.45, 7) is 4.41. The lowest BCUT2D eigenvalue weighted by atomic mass is 9.98. The summed E-state index contributed by atoms with van der Waals surface area (Å²) in [4.78, 5) is 13.6. The van der Waals surface area contributed by atoms with Crippen LogP contribution in [0, 0.1) is 11.7 Å². The van der Waals surface area contributed by atoms with Gasteiger partial charge in [-0.3, -0.25) is 9.69 Å². The zero-order valence-electron chi connectivity index (χ0n) is 9.45. The molecule has 1 unspecified atom stereocenters. The molecule has 0 spiro atoms. The van der Waals surface area contributed by atoms with Crippen molar-refractivity contribution in [1.82, 2.24) is 4.90 Å². The van der Waals surface area contributed by atoms with Crippen LogP contribution in [0.5, 0.6) is 0 Å². The Kier molecular flexibility index (Phi) is 3.34. The van der Waals surface area contributed by atoms with Gasteiger partial charge in [0.1, 0.15) is 11.6 Å². The van der Waals surface area contributed by atoms with E-state index in [2.05, 4.69) is 4.90 Å². The number of benzene rings is 1. The Bertz CT molecular complexity index is 374. The van der Waals surface area contributed by atoms with Gasteiger partial charge in [0.25, 0.3) is 0 Å². The first kappa shape index (κ1) is 11.3. The van der Waals surface area contributed by atoms with E-state index in [-0.39, 0.29) is 11.7 Å². The van der Waals surface area contributed by atoms with Crippen molar-refractivity contribution in [3.8, 4) is 0 Å². The van der Waals surface area contributed by atoms with Crippen LogP contribution >= 0.6 is 0 Å². The molecule has 1 atom stereocenters. The van der Waals surface area contributed by atoms with Gasteiger partial charge in [-0.15, -0.1) is 0 Å². The Morgan fingerprint density at radius 2 is 2.06 bits per heavy atom. The number of ketones is 1. The summed E-state index contributed by atoms with van der Waals surface area (Å²) in [5, 5.41) is 0. The number of rotatable bonds is 2. The maximum Gasteiger partial charge on any atom is 0.138 e. The SMILES string of the molecule is CC1CN(Cc2ccc(F)cc2)CCC1=O. The lowest BCUT2D eigenvalue weighted by Gasteiger charge is -2.29. The molecule has 1 aliphatic rings. The van der Waals surface area contributed by atoms with Gasteiger partial charge < -0.3 is 0 Å². The van der Waals surface area contributed by atoms with Gasteiger partial charge in [0.05, 0.1) is 0 Å². The highest BCUT2D eigenvalue weighted by Gasteiger charge is 2.23. The van der Waals surface area contributed by atoms with Crippen molar-refractivity contribution in [2.75, 3.05) is 13.1 Å². The van der Waals surface area contributed by atoms with Gasteiger partial charge in [-0.2, -0.15) is 0 Å². The van der Waals surface area contributed by atoms with Crippen molar-refractivity contribution < 1.29 is 9.18 Å². The molecule has 0 bridgehead atoms. The number of carbonyl (C=O) groups excluding carboxylic acids is 1. The van der Waals surface area contributed by atoms with Crippen molar-refractivity contribution in [2.24, 2.45) is 5.92 Å². The molecule has 0 amide bonds. The Morgan fingerprint density at radius 3 is 2.69 bits per heavy atom. The average Bonchev–Trinajstić information content (AvgIpc) is 2.27. The van der Waals surface area contributed by atoms with Crippen molar-refractivity contribution >= 4 is 5.78 Å². The number of halogens is 1. The molecule has 0 N–H and O–H groups in total. The number of carbonyl (C=O) groups is 1. The molecule has 86 valence electrons. The Balaban J connectivity index is 1.95. The largest absolute Gasteiger partial charge is 0.299 e. The molecule has 1 saturated heterocycles. The molecule has 1 aliphatic heterocycles. The van der Waals surface area contributed by atoms with Crippen LogP contribution in [-0.4, -0.2) is 23.8 Å². The summed E-state index contributed by atoms with van der Waals surface area (Å²) in [6, 6.07) is 6.56. The number of hydrogen-bond acceptors (Lipinski definition) is 2. The molecule has 3 heteroatoms. The number of nitrogens with zero attached hydrogens (tertiary/aromatic N) is 1. The monoisotopic (exact) mass is 221 g/mol. The minimum absolute atomic E-state index is 0.134. The fraction of sp³-hybridized carbons (Fsp3) is 0.462. The van der Waals surface area contributed by atoms with Gasteiger partial charge in [0, 0.05) is 32.0 Å². The number of hydrogen-bond donors (Lipinski definition) is 0. The first-order valence-corrected chi connectivity index (χ1v) is 5.64. The van der Waals surface area contributed by atoms with Gasteiger partial charge in [0.15, 0.2) is 0 Å². The highest BCUT2D eigenvalue weighted by molar-refractivity contribution is 5.81. The van der Waals surface area contributed by atoms with Gasteiger partial charge >= 0.3 is 0 Å². The fourth-order valence-corrected chi connectivity index (χ4v) is 2.09. The third-order valence-corrected chi connectivity index (χ3v) is 3.08. The van der Waals surface area contributed by atoms with Crippen LogP contribution in [0.4, 0.5) is 4.39 Å². The standard InChI is InChI=1S/C13H16FNO/c1-10-8-15(7-6-13(10)16)9-11-2-4-12(14)5-3-11/h2-5,10H,6-9H2,1H3. The first-order valence-electron chi connectivity index (χ1n) is 5.64. The van der Waals surface area contributed by atoms with Crippen molar-refractivity contribution in [3.05, 3.63) is 35.6 Å². The second-order valence-electron chi connectivity index (χ2n) is 4.48. The molecule has 0 radical (unpaired) electrons. The summed E-state index contributed by atoms with van der Waals surface area (Å²) >= 11 is 0. The second kappa shape index (κ2) is 4.74. The zero-order chi connectivity index (χ0) is 11.5. The predicted octanol–water partition coefficient (Wildman–Crippen LogP) is 2.24. The quantitative estimate of drug-likeness (QED) is 0.763. The minimum atomic E-state index is -0.203. The molecular formula is C13H16FNO. The van der Waals surface area contributed by atoms with E-state index in [4.69, 9.17) is 0 Å². The van der Waals surface area contributed by atoms with E-state index in [1.54, 1.807) is 12.1 Å². The summed E-state index contributed by atoms with van der Waals surface area (Å²) in [6.07, 6.45) is 0.641. The fourth-order valence-electron chi connectivity index (χ4n) is 2.09. The molecule has 2 rings (SSSR count). The van der Waals surface area contributed by atoms with E-state index in [1.165, 1.54) is 12.1 Å². The summed E-state index contributed by atoms with van der Waals surface area (Å²) in [7, 11) is 0. The number of piperidine rings is 1. The van der Waals surface area contributed by atoms with Crippen LogP contribution in [0.15, 0.2) is 24.3 Å². The highest BCUT2D eigenvalue weighted by Crippen LogP contribution is 2.15. The Labute approximate surface area is 95.1 Å². The summed E-state index contributed by atoms with van der Waals surface area (Å²) in [5.74, 6) is 0.287. The molecule has 1 fully saturated rings. The van der Waals surface area contributed by atoms with E-state index in [9.17, 15) is 9.18 Å². The van der Waals surface area contributed by atoms with Crippen LogP contribution in [0.1, 0.15) is 18.9 Å². The van der Waals surface area contributed by atoms with Crippen LogP contribution < -0.4 is 0 Å².